The van der Waals surface area contributed by atoms with Crippen LogP contribution in [0.3, 0.4) is 0 Å². The number of nitrogens with one attached hydrogen (secondary N) is 1. The lowest BCUT2D eigenvalue weighted by atomic mass is 10.1. The van der Waals surface area contributed by atoms with E-state index in [0.29, 0.717) is 41.0 Å². The van der Waals surface area contributed by atoms with Crippen LogP contribution in [-0.2, 0) is 0 Å². The molecule has 0 unspecified atom stereocenters. The summed E-state index contributed by atoms with van der Waals surface area (Å²) in [5, 5.41) is 16.8. The number of ether oxygens (including phenoxy) is 2. The van der Waals surface area contributed by atoms with E-state index in [1.54, 1.807) is 35.2 Å². The highest BCUT2D eigenvalue weighted by Crippen LogP contribution is 2.32. The molecule has 0 fully saturated rings. The lowest BCUT2D eigenvalue weighted by molar-refractivity contribution is -0.577. The highest BCUT2D eigenvalue weighted by atomic mass is 32.1. The highest BCUT2D eigenvalue weighted by Gasteiger charge is 2.20. The first-order chi connectivity index (χ1) is 14.5. The molecule has 1 aliphatic heterocycles. The third-order valence-electron chi connectivity index (χ3n) is 4.84. The predicted molar refractivity (Wildman–Crippen MR) is 119 cm³/mol. The molecule has 0 bridgehead atoms. The second kappa shape index (κ2) is 8.55. The summed E-state index contributed by atoms with van der Waals surface area (Å²) in [6, 6.07) is 16.9. The molecule has 0 radical (unpaired) electrons. The Labute approximate surface area is 181 Å². The minimum atomic E-state index is -0.203. The maximum absolute atomic E-state index is 13.5. The number of aromatic nitrogens is 1. The van der Waals surface area contributed by atoms with Crippen LogP contribution in [0.15, 0.2) is 67.0 Å². The molecule has 0 aliphatic carbocycles. The number of rotatable bonds is 4. The van der Waals surface area contributed by atoms with Gasteiger partial charge in [0.25, 0.3) is 0 Å². The summed E-state index contributed by atoms with van der Waals surface area (Å²) in [6.07, 6.45) is 3.61. The van der Waals surface area contributed by atoms with Crippen LogP contribution in [0.5, 0.6) is 11.5 Å². The molecule has 0 atom stereocenters. The predicted octanol–water partition coefficient (Wildman–Crippen LogP) is 3.49. The van der Waals surface area contributed by atoms with Crippen LogP contribution in [0, 0.1) is 13.8 Å². The fourth-order valence-corrected chi connectivity index (χ4v) is 3.65. The van der Waals surface area contributed by atoms with Gasteiger partial charge in [-0.2, -0.15) is 4.57 Å². The van der Waals surface area contributed by atoms with Crippen molar-refractivity contribution < 1.29 is 19.1 Å². The van der Waals surface area contributed by atoms with Crippen LogP contribution in [-0.4, -0.2) is 18.2 Å². The quantitative estimate of drug-likeness (QED) is 0.304. The number of thiocarbonyl (C=S) groups is 1. The summed E-state index contributed by atoms with van der Waals surface area (Å²) in [4.78, 5) is 0.345. The van der Waals surface area contributed by atoms with Gasteiger partial charge in [-0.1, -0.05) is 42.0 Å². The third-order valence-corrected chi connectivity index (χ3v) is 5.13. The molecule has 4 rings (SSSR count). The molecular formula is C24H22N2O3S. The molecule has 0 amide bonds. The van der Waals surface area contributed by atoms with Gasteiger partial charge in [0.05, 0.1) is 0 Å². The number of fused-ring (bicyclic) bond motifs is 1. The molecule has 2 aromatic carbocycles. The molecule has 152 valence electrons. The molecule has 0 saturated heterocycles. The number of hydrogen-bond acceptors (Lipinski definition) is 4. The van der Waals surface area contributed by atoms with Gasteiger partial charge in [-0.05, 0) is 48.9 Å². The van der Waals surface area contributed by atoms with E-state index in [9.17, 15) is 5.11 Å². The molecule has 6 heteroatoms. The van der Waals surface area contributed by atoms with Gasteiger partial charge in [0.1, 0.15) is 13.2 Å². The zero-order valence-corrected chi connectivity index (χ0v) is 17.7. The molecule has 5 nitrogen and oxygen atoms in total. The van der Waals surface area contributed by atoms with Crippen molar-refractivity contribution in [2.24, 2.45) is 0 Å². The van der Waals surface area contributed by atoms with Crippen molar-refractivity contribution in [3.63, 3.8) is 0 Å². The Bertz CT molecular complexity index is 1130. The van der Waals surface area contributed by atoms with Crippen molar-refractivity contribution in [2.75, 3.05) is 18.5 Å². The average molecular weight is 419 g/mol. The third kappa shape index (κ3) is 4.14. The van der Waals surface area contributed by atoms with Gasteiger partial charge >= 0.3 is 0 Å². The van der Waals surface area contributed by atoms with Gasteiger partial charge in [0.2, 0.25) is 5.70 Å². The summed E-state index contributed by atoms with van der Waals surface area (Å²) in [5.74, 6) is 1.01. The fraction of sp³-hybridized carbons (Fsp3) is 0.167. The number of benzene rings is 2. The molecule has 3 aromatic rings. The normalized spacial score (nSPS) is 13.4. The molecule has 1 aliphatic rings. The number of nitrogens with zero attached hydrogens (tertiary/aromatic N) is 1. The van der Waals surface area contributed by atoms with E-state index in [-0.39, 0.29) is 5.76 Å². The Balaban J connectivity index is 1.77. The number of pyridine rings is 1. The van der Waals surface area contributed by atoms with Gasteiger partial charge in [-0.25, -0.2) is 0 Å². The number of anilines is 1. The summed E-state index contributed by atoms with van der Waals surface area (Å²) in [7, 11) is 0. The SMILES string of the molecule is Cc1ccc(NC(=S)C(=C([O-])c2ccc3c(c2)OCCO3)[n+]2ccccc2)c(C)c1. The maximum atomic E-state index is 13.5. The average Bonchev–Trinajstić information content (AvgIpc) is 2.76. The minimum absolute atomic E-state index is 0.203. The van der Waals surface area contributed by atoms with Crippen LogP contribution < -0.4 is 24.5 Å². The first kappa shape index (κ1) is 19.9. The van der Waals surface area contributed by atoms with E-state index in [4.69, 9.17) is 21.7 Å². The van der Waals surface area contributed by atoms with E-state index in [2.05, 4.69) is 11.4 Å². The zero-order valence-electron chi connectivity index (χ0n) is 16.8. The summed E-state index contributed by atoms with van der Waals surface area (Å²) >= 11 is 5.68. The molecule has 2 heterocycles. The van der Waals surface area contributed by atoms with Crippen molar-refractivity contribution in [3.8, 4) is 11.5 Å². The summed E-state index contributed by atoms with van der Waals surface area (Å²) < 4.78 is 12.9. The molecule has 30 heavy (non-hydrogen) atoms. The van der Waals surface area contributed by atoms with E-state index < -0.39 is 0 Å². The molecular weight excluding hydrogens is 396 g/mol. The molecule has 0 saturated carbocycles. The Kier molecular flexibility index (Phi) is 5.68. The Morgan fingerprint density at radius 3 is 2.43 bits per heavy atom. The highest BCUT2D eigenvalue weighted by molar-refractivity contribution is 7.81. The van der Waals surface area contributed by atoms with Crippen molar-refractivity contribution >= 4 is 34.3 Å². The van der Waals surface area contributed by atoms with Crippen LogP contribution in [0.4, 0.5) is 5.69 Å². The van der Waals surface area contributed by atoms with E-state index in [0.717, 1.165) is 16.8 Å². The fourth-order valence-electron chi connectivity index (χ4n) is 3.34. The topological polar surface area (TPSA) is 57.4 Å². The standard InChI is InChI=1S/C24H22N2O3S/c1-16-6-8-19(17(2)14-16)25-24(30)22(26-10-4-3-5-11-26)23(27)18-7-9-20-21(15-18)29-13-12-28-20/h3-11,14-15H,12-13H2,1-2H3,(H-,25,27,30). The van der Waals surface area contributed by atoms with E-state index in [1.165, 1.54) is 0 Å². The van der Waals surface area contributed by atoms with Crippen LogP contribution in [0.2, 0.25) is 0 Å². The van der Waals surface area contributed by atoms with Crippen LogP contribution in [0.1, 0.15) is 16.7 Å². The second-order valence-corrected chi connectivity index (χ2v) is 7.50. The monoisotopic (exact) mass is 418 g/mol. The van der Waals surface area contributed by atoms with Crippen molar-refractivity contribution in [1.29, 1.82) is 0 Å². The van der Waals surface area contributed by atoms with Gasteiger partial charge in [0, 0.05) is 17.8 Å². The van der Waals surface area contributed by atoms with Crippen molar-refractivity contribution in [1.82, 2.24) is 0 Å². The minimum Gasteiger partial charge on any atom is -0.867 e. The van der Waals surface area contributed by atoms with E-state index >= 15 is 0 Å². The van der Waals surface area contributed by atoms with Crippen molar-refractivity contribution in [2.45, 2.75) is 13.8 Å². The lowest BCUT2D eigenvalue weighted by Crippen LogP contribution is -2.39. The van der Waals surface area contributed by atoms with Crippen molar-refractivity contribution in [3.05, 3.63) is 83.7 Å². The lowest BCUT2D eigenvalue weighted by Gasteiger charge is -2.21. The Morgan fingerprint density at radius 1 is 0.967 bits per heavy atom. The van der Waals surface area contributed by atoms with Gasteiger partial charge in [0.15, 0.2) is 28.9 Å². The summed E-state index contributed by atoms with van der Waals surface area (Å²) in [5.41, 5.74) is 3.94. The van der Waals surface area contributed by atoms with Gasteiger partial charge in [-0.3, -0.25) is 0 Å². The van der Waals surface area contributed by atoms with Gasteiger partial charge in [-0.15, -0.1) is 0 Å². The molecule has 1 N–H and O–H groups in total. The second-order valence-electron chi connectivity index (χ2n) is 7.09. The Hall–Kier alpha value is -3.38. The molecule has 1 aromatic heterocycles. The first-order valence-electron chi connectivity index (χ1n) is 9.69. The van der Waals surface area contributed by atoms with Gasteiger partial charge < -0.3 is 19.9 Å². The Morgan fingerprint density at radius 2 is 1.70 bits per heavy atom. The van der Waals surface area contributed by atoms with Crippen LogP contribution >= 0.6 is 12.2 Å². The smallest absolute Gasteiger partial charge is 0.238 e. The number of hydrogen-bond donors (Lipinski definition) is 1. The number of aryl methyl sites for hydroxylation is 2. The summed E-state index contributed by atoms with van der Waals surface area (Å²) in [6.45, 7) is 5.01. The zero-order chi connectivity index (χ0) is 21.1. The first-order valence-corrected chi connectivity index (χ1v) is 10.1. The molecule has 0 spiro atoms. The largest absolute Gasteiger partial charge is 0.867 e. The van der Waals surface area contributed by atoms with Crippen LogP contribution in [0.25, 0.3) is 11.5 Å². The maximum Gasteiger partial charge on any atom is 0.238 e. The van der Waals surface area contributed by atoms with E-state index in [1.807, 2.05) is 44.2 Å².